The van der Waals surface area contributed by atoms with Crippen LogP contribution in [0.15, 0.2) is 0 Å². The molecule has 0 bridgehead atoms. The zero-order valence-corrected chi connectivity index (χ0v) is 13.2. The van der Waals surface area contributed by atoms with Crippen molar-refractivity contribution < 1.29 is 5.11 Å². The molecule has 1 aliphatic heterocycles. The standard InChI is InChI=1S/C15H25N3OS/c1-2-13-14(11-19)20-15(16-13)18-9-7-17(8-10-18)12-5-3-4-6-12/h12,19H,2-11H2,1H3. The summed E-state index contributed by atoms with van der Waals surface area (Å²) in [5.41, 5.74) is 1.07. The summed E-state index contributed by atoms with van der Waals surface area (Å²) < 4.78 is 0. The SMILES string of the molecule is CCc1nc(N2CCN(C3CCCC3)CC2)sc1CO. The van der Waals surface area contributed by atoms with E-state index in [2.05, 4.69) is 16.7 Å². The van der Waals surface area contributed by atoms with Gasteiger partial charge in [-0.2, -0.15) is 0 Å². The van der Waals surface area contributed by atoms with Crippen molar-refractivity contribution >= 4 is 16.5 Å². The Labute approximate surface area is 125 Å². The van der Waals surface area contributed by atoms with Crippen LogP contribution in [0, 0.1) is 0 Å². The van der Waals surface area contributed by atoms with Crippen LogP contribution >= 0.6 is 11.3 Å². The molecule has 0 aromatic carbocycles. The van der Waals surface area contributed by atoms with Gasteiger partial charge in [0.25, 0.3) is 0 Å². The normalized spacial score (nSPS) is 21.8. The Balaban J connectivity index is 1.61. The molecule has 0 radical (unpaired) electrons. The number of piperazine rings is 1. The molecule has 3 rings (SSSR count). The summed E-state index contributed by atoms with van der Waals surface area (Å²) in [4.78, 5) is 10.8. The minimum absolute atomic E-state index is 0.128. The van der Waals surface area contributed by atoms with Crippen molar-refractivity contribution in [2.75, 3.05) is 31.1 Å². The van der Waals surface area contributed by atoms with E-state index >= 15 is 0 Å². The summed E-state index contributed by atoms with van der Waals surface area (Å²) >= 11 is 1.67. The number of aryl methyl sites for hydroxylation is 1. The summed E-state index contributed by atoms with van der Waals surface area (Å²) in [5, 5.41) is 10.5. The molecule has 20 heavy (non-hydrogen) atoms. The molecule has 0 unspecified atom stereocenters. The van der Waals surface area contributed by atoms with E-state index in [0.717, 1.165) is 41.3 Å². The highest BCUT2D eigenvalue weighted by atomic mass is 32.1. The van der Waals surface area contributed by atoms with E-state index in [4.69, 9.17) is 4.98 Å². The number of rotatable bonds is 4. The minimum atomic E-state index is 0.128. The van der Waals surface area contributed by atoms with Crippen molar-refractivity contribution in [2.45, 2.75) is 51.7 Å². The first-order chi connectivity index (χ1) is 9.81. The Hall–Kier alpha value is -0.650. The average Bonchev–Trinajstić information content (AvgIpc) is 3.16. The van der Waals surface area contributed by atoms with E-state index in [1.807, 2.05) is 0 Å². The Morgan fingerprint density at radius 3 is 2.45 bits per heavy atom. The van der Waals surface area contributed by atoms with Gasteiger partial charge in [0.05, 0.1) is 17.2 Å². The molecule has 2 heterocycles. The predicted octanol–water partition coefficient (Wildman–Crippen LogP) is 2.26. The molecule has 0 atom stereocenters. The van der Waals surface area contributed by atoms with Gasteiger partial charge in [-0.25, -0.2) is 4.98 Å². The largest absolute Gasteiger partial charge is 0.391 e. The van der Waals surface area contributed by atoms with Gasteiger partial charge in [-0.05, 0) is 19.3 Å². The summed E-state index contributed by atoms with van der Waals surface area (Å²) in [7, 11) is 0. The molecule has 1 aromatic heterocycles. The fourth-order valence-corrected chi connectivity index (χ4v) is 4.51. The van der Waals surface area contributed by atoms with Crippen LogP contribution in [0.1, 0.15) is 43.2 Å². The van der Waals surface area contributed by atoms with Gasteiger partial charge in [0.15, 0.2) is 5.13 Å². The van der Waals surface area contributed by atoms with Crippen LogP contribution < -0.4 is 4.90 Å². The van der Waals surface area contributed by atoms with Crippen LogP contribution in [-0.2, 0) is 13.0 Å². The number of aliphatic hydroxyl groups is 1. The second kappa shape index (κ2) is 6.41. The molecule has 2 aliphatic rings. The maximum Gasteiger partial charge on any atom is 0.185 e. The van der Waals surface area contributed by atoms with Crippen LogP contribution in [0.5, 0.6) is 0 Å². The van der Waals surface area contributed by atoms with E-state index in [0.29, 0.717) is 0 Å². The van der Waals surface area contributed by atoms with Crippen molar-refractivity contribution in [1.82, 2.24) is 9.88 Å². The van der Waals surface area contributed by atoms with Crippen LogP contribution in [0.2, 0.25) is 0 Å². The molecule has 1 saturated heterocycles. The van der Waals surface area contributed by atoms with Gasteiger partial charge in [0, 0.05) is 32.2 Å². The predicted molar refractivity (Wildman–Crippen MR) is 83.5 cm³/mol. The molecular weight excluding hydrogens is 270 g/mol. The third-order valence-corrected chi connectivity index (χ3v) is 5.81. The number of hydrogen-bond donors (Lipinski definition) is 1. The van der Waals surface area contributed by atoms with Gasteiger partial charge in [0.2, 0.25) is 0 Å². The minimum Gasteiger partial charge on any atom is -0.391 e. The van der Waals surface area contributed by atoms with Gasteiger partial charge in [-0.1, -0.05) is 31.1 Å². The van der Waals surface area contributed by atoms with E-state index < -0.39 is 0 Å². The summed E-state index contributed by atoms with van der Waals surface area (Å²) in [6, 6.07) is 0.840. The second-order valence-electron chi connectivity index (χ2n) is 5.84. The lowest BCUT2D eigenvalue weighted by Crippen LogP contribution is -2.49. The summed E-state index contributed by atoms with van der Waals surface area (Å²) in [5.74, 6) is 0. The quantitative estimate of drug-likeness (QED) is 0.925. The molecule has 0 amide bonds. The Kier molecular flexibility index (Phi) is 4.58. The second-order valence-corrected chi connectivity index (χ2v) is 6.90. The van der Waals surface area contributed by atoms with Gasteiger partial charge < -0.3 is 10.0 Å². The summed E-state index contributed by atoms with van der Waals surface area (Å²) in [6.07, 6.45) is 6.53. The van der Waals surface area contributed by atoms with Crippen molar-refractivity contribution in [3.8, 4) is 0 Å². The van der Waals surface area contributed by atoms with Crippen LogP contribution in [0.3, 0.4) is 0 Å². The smallest absolute Gasteiger partial charge is 0.185 e. The Morgan fingerprint density at radius 2 is 1.90 bits per heavy atom. The third-order valence-electron chi connectivity index (χ3n) is 4.67. The number of hydrogen-bond acceptors (Lipinski definition) is 5. The maximum atomic E-state index is 9.39. The van der Waals surface area contributed by atoms with Crippen molar-refractivity contribution in [1.29, 1.82) is 0 Å². The number of anilines is 1. The molecule has 1 saturated carbocycles. The van der Waals surface area contributed by atoms with Crippen LogP contribution in [0.25, 0.3) is 0 Å². The Morgan fingerprint density at radius 1 is 1.20 bits per heavy atom. The van der Waals surface area contributed by atoms with Crippen molar-refractivity contribution in [3.05, 3.63) is 10.6 Å². The lowest BCUT2D eigenvalue weighted by molar-refractivity contribution is 0.187. The topological polar surface area (TPSA) is 39.6 Å². The van der Waals surface area contributed by atoms with E-state index in [-0.39, 0.29) is 6.61 Å². The third kappa shape index (κ3) is 2.85. The van der Waals surface area contributed by atoms with E-state index in [1.54, 1.807) is 11.3 Å². The molecule has 1 N–H and O–H groups in total. The zero-order valence-electron chi connectivity index (χ0n) is 12.3. The lowest BCUT2D eigenvalue weighted by Gasteiger charge is -2.37. The first-order valence-corrected chi connectivity index (χ1v) is 8.72. The monoisotopic (exact) mass is 295 g/mol. The maximum absolute atomic E-state index is 9.39. The molecule has 5 heteroatoms. The number of nitrogens with zero attached hydrogens (tertiary/aromatic N) is 3. The summed E-state index contributed by atoms with van der Waals surface area (Å²) in [6.45, 7) is 6.73. The highest BCUT2D eigenvalue weighted by Gasteiger charge is 2.27. The molecule has 0 spiro atoms. The molecule has 2 fully saturated rings. The van der Waals surface area contributed by atoms with Gasteiger partial charge in [0.1, 0.15) is 0 Å². The highest BCUT2D eigenvalue weighted by molar-refractivity contribution is 7.15. The van der Waals surface area contributed by atoms with E-state index in [9.17, 15) is 5.11 Å². The molecule has 112 valence electrons. The van der Waals surface area contributed by atoms with Crippen LogP contribution in [-0.4, -0.2) is 47.2 Å². The molecule has 1 aliphatic carbocycles. The molecule has 1 aromatic rings. The van der Waals surface area contributed by atoms with Gasteiger partial charge in [-0.15, -0.1) is 0 Å². The fourth-order valence-electron chi connectivity index (χ4n) is 3.45. The van der Waals surface area contributed by atoms with Crippen molar-refractivity contribution in [2.24, 2.45) is 0 Å². The van der Waals surface area contributed by atoms with Crippen LogP contribution in [0.4, 0.5) is 5.13 Å². The molecule has 4 nitrogen and oxygen atoms in total. The fraction of sp³-hybridized carbons (Fsp3) is 0.800. The number of thiazole rings is 1. The average molecular weight is 295 g/mol. The number of aromatic nitrogens is 1. The number of aliphatic hydroxyl groups excluding tert-OH is 1. The van der Waals surface area contributed by atoms with Crippen molar-refractivity contribution in [3.63, 3.8) is 0 Å². The first-order valence-electron chi connectivity index (χ1n) is 7.90. The highest BCUT2D eigenvalue weighted by Crippen LogP contribution is 2.29. The Bertz CT molecular complexity index is 413. The molecular formula is C15H25N3OS. The zero-order chi connectivity index (χ0) is 13.9. The van der Waals surface area contributed by atoms with E-state index in [1.165, 1.54) is 38.8 Å². The first kappa shape index (κ1) is 14.3. The lowest BCUT2D eigenvalue weighted by atomic mass is 10.2. The van der Waals surface area contributed by atoms with Gasteiger partial charge in [-0.3, -0.25) is 4.90 Å². The van der Waals surface area contributed by atoms with Gasteiger partial charge >= 0.3 is 0 Å².